The van der Waals surface area contributed by atoms with Crippen molar-refractivity contribution < 1.29 is 0 Å². The zero-order valence-corrected chi connectivity index (χ0v) is 10.2. The second-order valence-electron chi connectivity index (χ2n) is 4.40. The Morgan fingerprint density at radius 1 is 1.25 bits per heavy atom. The zero-order valence-electron chi connectivity index (χ0n) is 9.40. The molecule has 1 aromatic heterocycles. The molecule has 1 aromatic rings. The first kappa shape index (κ1) is 11.8. The molecule has 88 valence electrons. The second-order valence-corrected chi connectivity index (χ2v) is 4.71. The number of aromatic nitrogens is 2. The molecule has 3 nitrogen and oxygen atoms in total. The summed E-state index contributed by atoms with van der Waals surface area (Å²) >= 11 is 5.95. The summed E-state index contributed by atoms with van der Waals surface area (Å²) in [6.07, 6.45) is 7.48. The molecule has 1 aliphatic rings. The Morgan fingerprint density at radius 2 is 2.00 bits per heavy atom. The summed E-state index contributed by atoms with van der Waals surface area (Å²) in [5.74, 6) is 3.10. The first-order valence-corrected chi connectivity index (χ1v) is 6.46. The van der Waals surface area contributed by atoms with Crippen molar-refractivity contribution in [2.45, 2.75) is 25.8 Å². The molecule has 1 saturated carbocycles. The van der Waals surface area contributed by atoms with Crippen LogP contribution >= 0.6 is 11.6 Å². The molecule has 0 radical (unpaired) electrons. The third kappa shape index (κ3) is 3.16. The smallest absolute Gasteiger partial charge is 0.141 e. The summed E-state index contributed by atoms with van der Waals surface area (Å²) in [6, 6.07) is 1.84. The van der Waals surface area contributed by atoms with Crippen molar-refractivity contribution in [1.29, 1.82) is 0 Å². The Kier molecular flexibility index (Phi) is 4.55. The summed E-state index contributed by atoms with van der Waals surface area (Å²) in [5.41, 5.74) is 0. The van der Waals surface area contributed by atoms with E-state index in [0.29, 0.717) is 5.92 Å². The van der Waals surface area contributed by atoms with Crippen LogP contribution < -0.4 is 5.32 Å². The first-order chi connectivity index (χ1) is 7.90. The molecular weight excluding hydrogens is 222 g/mol. The van der Waals surface area contributed by atoms with Gasteiger partial charge < -0.3 is 5.32 Å². The number of hydrogen-bond donors (Lipinski definition) is 1. The van der Waals surface area contributed by atoms with E-state index in [9.17, 15) is 0 Å². The predicted molar refractivity (Wildman–Crippen MR) is 65.3 cm³/mol. The summed E-state index contributed by atoms with van der Waals surface area (Å²) in [7, 11) is 0. The van der Waals surface area contributed by atoms with Gasteiger partial charge in [-0.15, -0.1) is 11.6 Å². The first-order valence-electron chi connectivity index (χ1n) is 5.92. The maximum absolute atomic E-state index is 5.95. The lowest BCUT2D eigenvalue weighted by atomic mass is 9.98. The number of rotatable bonds is 5. The summed E-state index contributed by atoms with van der Waals surface area (Å²) in [5, 5.41) is 3.42. The third-order valence-electron chi connectivity index (χ3n) is 3.32. The van der Waals surface area contributed by atoms with Crippen molar-refractivity contribution in [2.24, 2.45) is 11.8 Å². The summed E-state index contributed by atoms with van der Waals surface area (Å²) in [4.78, 5) is 8.36. The quantitative estimate of drug-likeness (QED) is 0.801. The van der Waals surface area contributed by atoms with Gasteiger partial charge in [0, 0.05) is 18.3 Å². The zero-order chi connectivity index (χ0) is 11.2. The van der Waals surface area contributed by atoms with Crippen LogP contribution in [0.5, 0.6) is 0 Å². The van der Waals surface area contributed by atoms with Gasteiger partial charge in [0.2, 0.25) is 0 Å². The van der Waals surface area contributed by atoms with Crippen molar-refractivity contribution in [3.05, 3.63) is 24.3 Å². The molecule has 0 bridgehead atoms. The fourth-order valence-electron chi connectivity index (χ4n) is 2.38. The Labute approximate surface area is 102 Å². The lowest BCUT2D eigenvalue weighted by Gasteiger charge is -2.17. The molecule has 0 spiro atoms. The molecular formula is C12H18ClN3. The SMILES string of the molecule is ClCC1CCCC1CNCc1ncccn1. The number of halogens is 1. The van der Waals surface area contributed by atoms with Gasteiger partial charge in [-0.25, -0.2) is 9.97 Å². The molecule has 0 saturated heterocycles. The lowest BCUT2D eigenvalue weighted by molar-refractivity contribution is 0.393. The Bertz CT molecular complexity index is 304. The molecule has 1 N–H and O–H groups in total. The maximum Gasteiger partial charge on any atom is 0.141 e. The minimum absolute atomic E-state index is 0.700. The van der Waals surface area contributed by atoms with E-state index in [0.717, 1.165) is 30.7 Å². The minimum atomic E-state index is 0.700. The Hall–Kier alpha value is -0.670. The molecule has 2 atom stereocenters. The lowest BCUT2D eigenvalue weighted by Crippen LogP contribution is -2.26. The van der Waals surface area contributed by atoms with Crippen molar-refractivity contribution in [3.8, 4) is 0 Å². The van der Waals surface area contributed by atoms with Crippen molar-refractivity contribution in [3.63, 3.8) is 0 Å². The second kappa shape index (κ2) is 6.16. The predicted octanol–water partition coefficient (Wildman–Crippen LogP) is 2.22. The molecule has 4 heteroatoms. The van der Waals surface area contributed by atoms with Crippen molar-refractivity contribution in [1.82, 2.24) is 15.3 Å². The number of hydrogen-bond acceptors (Lipinski definition) is 3. The third-order valence-corrected chi connectivity index (χ3v) is 3.72. The summed E-state index contributed by atoms with van der Waals surface area (Å²) in [6.45, 7) is 1.79. The van der Waals surface area contributed by atoms with Crippen LogP contribution in [-0.4, -0.2) is 22.4 Å². The van der Waals surface area contributed by atoms with Gasteiger partial charge in [-0.2, -0.15) is 0 Å². The van der Waals surface area contributed by atoms with Crippen LogP contribution in [0.2, 0.25) is 0 Å². The molecule has 2 unspecified atom stereocenters. The Balaban J connectivity index is 1.72. The molecule has 0 aromatic carbocycles. The van der Waals surface area contributed by atoms with E-state index >= 15 is 0 Å². The van der Waals surface area contributed by atoms with Gasteiger partial charge in [0.15, 0.2) is 0 Å². The normalized spacial score (nSPS) is 24.8. The highest BCUT2D eigenvalue weighted by molar-refractivity contribution is 6.18. The van der Waals surface area contributed by atoms with E-state index in [4.69, 9.17) is 11.6 Å². The molecule has 1 aliphatic carbocycles. The van der Waals surface area contributed by atoms with Gasteiger partial charge in [0.25, 0.3) is 0 Å². The highest BCUT2D eigenvalue weighted by Gasteiger charge is 2.25. The number of nitrogens with one attached hydrogen (secondary N) is 1. The van der Waals surface area contributed by atoms with Crippen molar-refractivity contribution >= 4 is 11.6 Å². The number of nitrogens with zero attached hydrogens (tertiary/aromatic N) is 2. The van der Waals surface area contributed by atoms with Crippen molar-refractivity contribution in [2.75, 3.05) is 12.4 Å². The van der Waals surface area contributed by atoms with Crippen LogP contribution in [0.25, 0.3) is 0 Å². The van der Waals surface area contributed by atoms with Crippen LogP contribution in [0.4, 0.5) is 0 Å². The molecule has 1 heterocycles. The minimum Gasteiger partial charge on any atom is -0.310 e. The van der Waals surface area contributed by atoms with Crippen LogP contribution in [-0.2, 0) is 6.54 Å². The summed E-state index contributed by atoms with van der Waals surface area (Å²) < 4.78 is 0. The van der Waals surface area contributed by atoms with Crippen LogP contribution in [0.1, 0.15) is 25.1 Å². The Morgan fingerprint density at radius 3 is 2.75 bits per heavy atom. The van der Waals surface area contributed by atoms with Crippen LogP contribution in [0, 0.1) is 11.8 Å². The van der Waals surface area contributed by atoms with Gasteiger partial charge in [0.1, 0.15) is 5.82 Å². The average Bonchev–Trinajstić information content (AvgIpc) is 2.78. The van der Waals surface area contributed by atoms with Gasteiger partial charge in [-0.3, -0.25) is 0 Å². The van der Waals surface area contributed by atoms with E-state index in [1.165, 1.54) is 19.3 Å². The van der Waals surface area contributed by atoms with Crippen LogP contribution in [0.15, 0.2) is 18.5 Å². The van der Waals surface area contributed by atoms with Gasteiger partial charge >= 0.3 is 0 Å². The largest absolute Gasteiger partial charge is 0.310 e. The molecule has 1 fully saturated rings. The van der Waals surface area contributed by atoms with Crippen LogP contribution in [0.3, 0.4) is 0 Å². The molecule has 0 amide bonds. The highest BCUT2D eigenvalue weighted by atomic mass is 35.5. The van der Waals surface area contributed by atoms with Gasteiger partial charge in [0.05, 0.1) is 6.54 Å². The van der Waals surface area contributed by atoms with E-state index in [2.05, 4.69) is 15.3 Å². The van der Waals surface area contributed by atoms with E-state index < -0.39 is 0 Å². The molecule has 0 aliphatic heterocycles. The highest BCUT2D eigenvalue weighted by Crippen LogP contribution is 2.31. The van der Waals surface area contributed by atoms with E-state index in [-0.39, 0.29) is 0 Å². The number of alkyl halides is 1. The maximum atomic E-state index is 5.95. The van der Waals surface area contributed by atoms with E-state index in [1.54, 1.807) is 12.4 Å². The van der Waals surface area contributed by atoms with E-state index in [1.807, 2.05) is 6.07 Å². The molecule has 16 heavy (non-hydrogen) atoms. The average molecular weight is 240 g/mol. The monoisotopic (exact) mass is 239 g/mol. The fraction of sp³-hybridized carbons (Fsp3) is 0.667. The fourth-order valence-corrected chi connectivity index (χ4v) is 2.78. The molecule has 2 rings (SSSR count). The van der Waals surface area contributed by atoms with Gasteiger partial charge in [-0.1, -0.05) is 6.42 Å². The van der Waals surface area contributed by atoms with Gasteiger partial charge in [-0.05, 0) is 37.3 Å². The topological polar surface area (TPSA) is 37.8 Å². The standard InChI is InChI=1S/C12H18ClN3/c13-7-10-3-1-4-11(10)8-14-9-12-15-5-2-6-16-12/h2,5-6,10-11,14H,1,3-4,7-9H2.